The maximum atomic E-state index is 11.9. The van der Waals surface area contributed by atoms with Crippen molar-refractivity contribution in [2.24, 2.45) is 0 Å². The van der Waals surface area contributed by atoms with Crippen LogP contribution in [-0.2, 0) is 6.54 Å². The number of nitrogens with one attached hydrogen (secondary N) is 1. The van der Waals surface area contributed by atoms with Crippen molar-refractivity contribution in [2.45, 2.75) is 32.4 Å². The third-order valence-corrected chi connectivity index (χ3v) is 4.39. The van der Waals surface area contributed by atoms with E-state index >= 15 is 0 Å². The zero-order chi connectivity index (χ0) is 14.7. The van der Waals surface area contributed by atoms with E-state index in [2.05, 4.69) is 27.1 Å². The fourth-order valence-corrected chi connectivity index (χ4v) is 3.18. The Hall–Kier alpha value is -1.95. The zero-order valence-electron chi connectivity index (χ0n) is 12.0. The van der Waals surface area contributed by atoms with Gasteiger partial charge in [-0.25, -0.2) is 4.98 Å². The molecule has 0 radical (unpaired) electrons. The summed E-state index contributed by atoms with van der Waals surface area (Å²) in [6.45, 7) is 3.59. The molecular formula is C15H18N4OS. The van der Waals surface area contributed by atoms with Gasteiger partial charge in [-0.05, 0) is 31.9 Å². The number of hydrogen-bond donors (Lipinski definition) is 1. The van der Waals surface area contributed by atoms with Crippen LogP contribution >= 0.6 is 11.3 Å². The quantitative estimate of drug-likeness (QED) is 0.890. The number of hydrogen-bond acceptors (Lipinski definition) is 5. The minimum Gasteiger partial charge on any atom is -0.346 e. The summed E-state index contributed by atoms with van der Waals surface area (Å²) in [5.74, 6) is -0.118. The molecule has 0 bridgehead atoms. The topological polar surface area (TPSA) is 58.1 Å². The van der Waals surface area contributed by atoms with Gasteiger partial charge in [-0.15, -0.1) is 11.3 Å². The summed E-state index contributed by atoms with van der Waals surface area (Å²) in [6.07, 6.45) is 5.75. The molecule has 2 heterocycles. The second kappa shape index (κ2) is 6.22. The van der Waals surface area contributed by atoms with Crippen molar-refractivity contribution >= 4 is 22.4 Å². The third kappa shape index (κ3) is 3.39. The van der Waals surface area contributed by atoms with Crippen LogP contribution in [0.2, 0.25) is 0 Å². The molecule has 1 amide bonds. The molecule has 6 heteroatoms. The van der Waals surface area contributed by atoms with Crippen molar-refractivity contribution in [2.75, 3.05) is 11.4 Å². The fraction of sp³-hybridized carbons (Fsp3) is 0.400. The maximum Gasteiger partial charge on any atom is 0.253 e. The molecule has 1 saturated carbocycles. The SMILES string of the molecule is CCN(c1nc(CNC(=O)c2cccnc2)cs1)C1CC1. The number of nitrogens with zero attached hydrogens (tertiary/aromatic N) is 3. The Morgan fingerprint density at radius 1 is 1.52 bits per heavy atom. The summed E-state index contributed by atoms with van der Waals surface area (Å²) in [7, 11) is 0. The lowest BCUT2D eigenvalue weighted by Crippen LogP contribution is -2.25. The summed E-state index contributed by atoms with van der Waals surface area (Å²) < 4.78 is 0. The van der Waals surface area contributed by atoms with Crippen LogP contribution < -0.4 is 10.2 Å². The van der Waals surface area contributed by atoms with Gasteiger partial charge in [-0.3, -0.25) is 9.78 Å². The number of aromatic nitrogens is 2. The Kier molecular flexibility index (Phi) is 4.15. The fourth-order valence-electron chi connectivity index (χ4n) is 2.22. The number of pyridine rings is 1. The van der Waals surface area contributed by atoms with Crippen molar-refractivity contribution in [3.05, 3.63) is 41.2 Å². The number of rotatable bonds is 6. The van der Waals surface area contributed by atoms with Gasteiger partial charge in [0.1, 0.15) is 0 Å². The summed E-state index contributed by atoms with van der Waals surface area (Å²) in [4.78, 5) is 22.9. The molecule has 0 atom stereocenters. The molecule has 0 unspecified atom stereocenters. The number of amides is 1. The van der Waals surface area contributed by atoms with Crippen LogP contribution in [0.25, 0.3) is 0 Å². The summed E-state index contributed by atoms with van der Waals surface area (Å²) in [5.41, 5.74) is 1.48. The summed E-state index contributed by atoms with van der Waals surface area (Å²) in [6, 6.07) is 4.17. The van der Waals surface area contributed by atoms with Gasteiger partial charge in [0.15, 0.2) is 5.13 Å². The smallest absolute Gasteiger partial charge is 0.253 e. The largest absolute Gasteiger partial charge is 0.346 e. The first kappa shape index (κ1) is 14.0. The van der Waals surface area contributed by atoms with Crippen LogP contribution in [-0.4, -0.2) is 28.5 Å². The van der Waals surface area contributed by atoms with Gasteiger partial charge in [0.25, 0.3) is 5.91 Å². The number of carbonyl (C=O) groups is 1. The lowest BCUT2D eigenvalue weighted by atomic mass is 10.2. The number of anilines is 1. The normalized spacial score (nSPS) is 14.0. The van der Waals surface area contributed by atoms with E-state index < -0.39 is 0 Å². The van der Waals surface area contributed by atoms with Crippen molar-refractivity contribution in [1.82, 2.24) is 15.3 Å². The van der Waals surface area contributed by atoms with Crippen LogP contribution in [0, 0.1) is 0 Å². The Morgan fingerprint density at radius 2 is 2.38 bits per heavy atom. The van der Waals surface area contributed by atoms with E-state index in [0.717, 1.165) is 17.4 Å². The van der Waals surface area contributed by atoms with Crippen LogP contribution in [0.5, 0.6) is 0 Å². The first-order chi connectivity index (χ1) is 10.3. The second-order valence-electron chi connectivity index (χ2n) is 5.06. The molecule has 1 aliphatic carbocycles. The Bertz CT molecular complexity index is 609. The average Bonchev–Trinajstić information content (AvgIpc) is 3.25. The van der Waals surface area contributed by atoms with E-state index in [9.17, 15) is 4.79 Å². The highest BCUT2D eigenvalue weighted by Crippen LogP contribution is 2.33. The van der Waals surface area contributed by atoms with Gasteiger partial charge in [-0.1, -0.05) is 0 Å². The molecule has 1 fully saturated rings. The first-order valence-electron chi connectivity index (χ1n) is 7.17. The molecule has 110 valence electrons. The minimum atomic E-state index is -0.118. The molecule has 2 aromatic heterocycles. The zero-order valence-corrected chi connectivity index (χ0v) is 12.8. The molecular weight excluding hydrogens is 284 g/mol. The van der Waals surface area contributed by atoms with Gasteiger partial charge >= 0.3 is 0 Å². The van der Waals surface area contributed by atoms with E-state index in [1.54, 1.807) is 35.9 Å². The molecule has 1 aliphatic rings. The van der Waals surface area contributed by atoms with Gasteiger partial charge in [-0.2, -0.15) is 0 Å². The highest BCUT2D eigenvalue weighted by molar-refractivity contribution is 7.13. The Morgan fingerprint density at radius 3 is 3.05 bits per heavy atom. The van der Waals surface area contributed by atoms with Crippen molar-refractivity contribution in [3.8, 4) is 0 Å². The number of thiazole rings is 1. The van der Waals surface area contributed by atoms with Crippen LogP contribution in [0.1, 0.15) is 35.8 Å². The van der Waals surface area contributed by atoms with E-state index in [1.807, 2.05) is 5.38 Å². The number of carbonyl (C=O) groups excluding carboxylic acids is 1. The molecule has 0 spiro atoms. The van der Waals surface area contributed by atoms with Gasteiger partial charge in [0.05, 0.1) is 17.8 Å². The standard InChI is InChI=1S/C15H18N4OS/c1-2-19(13-5-6-13)15-18-12(10-21-15)9-17-14(20)11-4-3-7-16-8-11/h3-4,7-8,10,13H,2,5-6,9H2,1H3,(H,17,20). The summed E-state index contributed by atoms with van der Waals surface area (Å²) in [5, 5.41) is 5.96. The maximum absolute atomic E-state index is 11.9. The molecule has 0 saturated heterocycles. The predicted molar refractivity (Wildman–Crippen MR) is 83.6 cm³/mol. The van der Waals surface area contributed by atoms with Crippen molar-refractivity contribution in [1.29, 1.82) is 0 Å². The van der Waals surface area contributed by atoms with Crippen LogP contribution in [0.4, 0.5) is 5.13 Å². The molecule has 5 nitrogen and oxygen atoms in total. The van der Waals surface area contributed by atoms with Crippen molar-refractivity contribution < 1.29 is 4.79 Å². The highest BCUT2D eigenvalue weighted by atomic mass is 32.1. The lowest BCUT2D eigenvalue weighted by Gasteiger charge is -2.18. The molecule has 3 rings (SSSR count). The average molecular weight is 302 g/mol. The van der Waals surface area contributed by atoms with E-state index in [0.29, 0.717) is 18.2 Å². The van der Waals surface area contributed by atoms with Gasteiger partial charge < -0.3 is 10.2 Å². The van der Waals surface area contributed by atoms with Gasteiger partial charge in [0, 0.05) is 30.4 Å². The molecule has 21 heavy (non-hydrogen) atoms. The highest BCUT2D eigenvalue weighted by Gasteiger charge is 2.29. The van der Waals surface area contributed by atoms with Crippen LogP contribution in [0.3, 0.4) is 0 Å². The Balaban J connectivity index is 1.58. The van der Waals surface area contributed by atoms with Crippen LogP contribution in [0.15, 0.2) is 29.9 Å². The summed E-state index contributed by atoms with van der Waals surface area (Å²) >= 11 is 1.65. The molecule has 2 aromatic rings. The molecule has 0 aliphatic heterocycles. The van der Waals surface area contributed by atoms with E-state index in [-0.39, 0.29) is 5.91 Å². The first-order valence-corrected chi connectivity index (χ1v) is 8.05. The minimum absolute atomic E-state index is 0.118. The van der Waals surface area contributed by atoms with Crippen molar-refractivity contribution in [3.63, 3.8) is 0 Å². The lowest BCUT2D eigenvalue weighted by molar-refractivity contribution is 0.0950. The van der Waals surface area contributed by atoms with E-state index in [4.69, 9.17) is 0 Å². The molecule has 1 N–H and O–H groups in total. The Labute approximate surface area is 128 Å². The predicted octanol–water partition coefficient (Wildman–Crippen LogP) is 2.46. The van der Waals surface area contributed by atoms with E-state index in [1.165, 1.54) is 12.8 Å². The van der Waals surface area contributed by atoms with Gasteiger partial charge in [0.2, 0.25) is 0 Å². The third-order valence-electron chi connectivity index (χ3n) is 3.47. The monoisotopic (exact) mass is 302 g/mol. The molecule has 0 aromatic carbocycles. The second-order valence-corrected chi connectivity index (χ2v) is 5.90.